The van der Waals surface area contributed by atoms with Gasteiger partial charge in [-0.15, -0.1) is 0 Å². The van der Waals surface area contributed by atoms with Gasteiger partial charge in [0.2, 0.25) is 5.91 Å². The third-order valence-corrected chi connectivity index (χ3v) is 5.20. The van der Waals surface area contributed by atoms with Gasteiger partial charge in [-0.3, -0.25) is 14.3 Å². The van der Waals surface area contributed by atoms with Gasteiger partial charge in [0.05, 0.1) is 12.6 Å². The SMILES string of the molecule is CC(=O)N1CCc2cc(C(=O)N3CCC[C@H]3Cn3cccn3)ccc21. The molecule has 6 heteroatoms. The monoisotopic (exact) mass is 338 g/mol. The van der Waals surface area contributed by atoms with Crippen LogP contribution >= 0.6 is 0 Å². The Morgan fingerprint density at radius 1 is 1.28 bits per heavy atom. The van der Waals surface area contributed by atoms with E-state index < -0.39 is 0 Å². The van der Waals surface area contributed by atoms with Crippen LogP contribution in [0, 0.1) is 0 Å². The first-order valence-electron chi connectivity index (χ1n) is 8.83. The van der Waals surface area contributed by atoms with E-state index in [4.69, 9.17) is 0 Å². The number of anilines is 1. The number of aromatic nitrogens is 2. The van der Waals surface area contributed by atoms with E-state index in [1.54, 1.807) is 18.0 Å². The van der Waals surface area contributed by atoms with Gasteiger partial charge in [-0.05, 0) is 49.1 Å². The van der Waals surface area contributed by atoms with E-state index in [1.165, 1.54) is 0 Å². The van der Waals surface area contributed by atoms with Gasteiger partial charge >= 0.3 is 0 Å². The average molecular weight is 338 g/mol. The number of carbonyl (C=O) groups excluding carboxylic acids is 2. The predicted molar refractivity (Wildman–Crippen MR) is 94.5 cm³/mol. The van der Waals surface area contributed by atoms with Crippen LogP contribution in [0.15, 0.2) is 36.7 Å². The minimum Gasteiger partial charge on any atom is -0.334 e. The van der Waals surface area contributed by atoms with Crippen molar-refractivity contribution >= 4 is 17.5 Å². The van der Waals surface area contributed by atoms with Crippen LogP contribution in [-0.2, 0) is 17.8 Å². The van der Waals surface area contributed by atoms with E-state index in [0.717, 1.165) is 49.2 Å². The Bertz CT molecular complexity index is 800. The van der Waals surface area contributed by atoms with Crippen molar-refractivity contribution in [3.05, 3.63) is 47.8 Å². The Balaban J connectivity index is 1.53. The van der Waals surface area contributed by atoms with E-state index in [1.807, 2.05) is 40.0 Å². The molecule has 0 aliphatic carbocycles. The van der Waals surface area contributed by atoms with Gasteiger partial charge in [0.25, 0.3) is 5.91 Å². The minimum absolute atomic E-state index is 0.0525. The molecule has 1 atom stereocenters. The lowest BCUT2D eigenvalue weighted by Gasteiger charge is -2.25. The zero-order chi connectivity index (χ0) is 17.4. The molecule has 130 valence electrons. The second kappa shape index (κ2) is 6.35. The zero-order valence-electron chi connectivity index (χ0n) is 14.4. The lowest BCUT2D eigenvalue weighted by atomic mass is 10.1. The molecule has 1 aromatic heterocycles. The Hall–Kier alpha value is -2.63. The Morgan fingerprint density at radius 3 is 2.92 bits per heavy atom. The third kappa shape index (κ3) is 2.92. The Morgan fingerprint density at radius 2 is 2.16 bits per heavy atom. The van der Waals surface area contributed by atoms with Crippen molar-refractivity contribution < 1.29 is 9.59 Å². The van der Waals surface area contributed by atoms with Gasteiger partial charge in [-0.2, -0.15) is 5.10 Å². The molecule has 3 heterocycles. The van der Waals surface area contributed by atoms with E-state index in [2.05, 4.69) is 5.10 Å². The van der Waals surface area contributed by atoms with Gasteiger partial charge in [0.1, 0.15) is 0 Å². The number of rotatable bonds is 3. The van der Waals surface area contributed by atoms with E-state index in [0.29, 0.717) is 6.54 Å². The lowest BCUT2D eigenvalue weighted by molar-refractivity contribution is -0.116. The van der Waals surface area contributed by atoms with Gasteiger partial charge in [-0.25, -0.2) is 0 Å². The van der Waals surface area contributed by atoms with Crippen LogP contribution in [0.4, 0.5) is 5.69 Å². The summed E-state index contributed by atoms with van der Waals surface area (Å²) in [5.41, 5.74) is 2.75. The maximum atomic E-state index is 13.0. The van der Waals surface area contributed by atoms with E-state index in [-0.39, 0.29) is 17.9 Å². The maximum Gasteiger partial charge on any atom is 0.254 e. The standard InChI is InChI=1S/C19H22N4O2/c1-14(24)22-11-7-15-12-16(5-6-18(15)22)19(25)23-10-2-4-17(23)13-21-9-3-8-20-21/h3,5-6,8-9,12,17H,2,4,7,10-11,13H2,1H3/t17-/m0/s1. The molecule has 1 aromatic carbocycles. The summed E-state index contributed by atoms with van der Waals surface area (Å²) in [6.07, 6.45) is 6.55. The molecule has 25 heavy (non-hydrogen) atoms. The van der Waals surface area contributed by atoms with Crippen LogP contribution in [0.25, 0.3) is 0 Å². The number of amides is 2. The van der Waals surface area contributed by atoms with Gasteiger partial charge in [-0.1, -0.05) is 0 Å². The topological polar surface area (TPSA) is 58.4 Å². The van der Waals surface area contributed by atoms with Crippen LogP contribution in [-0.4, -0.2) is 45.6 Å². The van der Waals surface area contributed by atoms with Crippen molar-refractivity contribution in [2.45, 2.75) is 38.8 Å². The summed E-state index contributed by atoms with van der Waals surface area (Å²) in [7, 11) is 0. The van der Waals surface area contributed by atoms with Crippen molar-refractivity contribution in [1.82, 2.24) is 14.7 Å². The van der Waals surface area contributed by atoms with Crippen LogP contribution < -0.4 is 4.90 Å². The molecule has 2 aromatic rings. The molecule has 2 aliphatic heterocycles. The van der Waals surface area contributed by atoms with Crippen molar-refractivity contribution in [3.8, 4) is 0 Å². The number of fused-ring (bicyclic) bond motifs is 1. The molecule has 0 unspecified atom stereocenters. The molecule has 0 N–H and O–H groups in total. The minimum atomic E-state index is 0.0525. The summed E-state index contributed by atoms with van der Waals surface area (Å²) < 4.78 is 1.89. The highest BCUT2D eigenvalue weighted by Crippen LogP contribution is 2.30. The number of hydrogen-bond donors (Lipinski definition) is 0. The quantitative estimate of drug-likeness (QED) is 0.861. The van der Waals surface area contributed by atoms with Crippen molar-refractivity contribution in [2.75, 3.05) is 18.0 Å². The predicted octanol–water partition coefficient (Wildman–Crippen LogP) is 2.10. The molecule has 0 spiro atoms. The highest BCUT2D eigenvalue weighted by molar-refractivity contribution is 5.98. The Labute approximate surface area is 147 Å². The van der Waals surface area contributed by atoms with Crippen LogP contribution in [0.1, 0.15) is 35.7 Å². The number of benzene rings is 1. The lowest BCUT2D eigenvalue weighted by Crippen LogP contribution is -2.38. The van der Waals surface area contributed by atoms with Crippen molar-refractivity contribution in [1.29, 1.82) is 0 Å². The smallest absolute Gasteiger partial charge is 0.254 e. The third-order valence-electron chi connectivity index (χ3n) is 5.20. The maximum absolute atomic E-state index is 13.0. The number of likely N-dealkylation sites (tertiary alicyclic amines) is 1. The fourth-order valence-corrected chi connectivity index (χ4v) is 3.94. The number of nitrogens with zero attached hydrogens (tertiary/aromatic N) is 4. The van der Waals surface area contributed by atoms with Crippen LogP contribution in [0.3, 0.4) is 0 Å². The molecule has 1 saturated heterocycles. The molecule has 0 radical (unpaired) electrons. The highest BCUT2D eigenvalue weighted by Gasteiger charge is 2.31. The summed E-state index contributed by atoms with van der Waals surface area (Å²) in [6.45, 7) is 3.81. The second-order valence-electron chi connectivity index (χ2n) is 6.79. The van der Waals surface area contributed by atoms with Gasteiger partial charge < -0.3 is 9.80 Å². The number of hydrogen-bond acceptors (Lipinski definition) is 3. The Kier molecular flexibility index (Phi) is 4.03. The molecular formula is C19H22N4O2. The summed E-state index contributed by atoms with van der Waals surface area (Å²) in [4.78, 5) is 28.4. The van der Waals surface area contributed by atoms with Crippen LogP contribution in [0.2, 0.25) is 0 Å². The molecule has 2 amide bonds. The van der Waals surface area contributed by atoms with E-state index in [9.17, 15) is 9.59 Å². The summed E-state index contributed by atoms with van der Waals surface area (Å²) >= 11 is 0. The van der Waals surface area contributed by atoms with Crippen molar-refractivity contribution in [2.24, 2.45) is 0 Å². The summed E-state index contributed by atoms with van der Waals surface area (Å²) in [6, 6.07) is 7.82. The largest absolute Gasteiger partial charge is 0.334 e. The molecule has 4 rings (SSSR count). The van der Waals surface area contributed by atoms with Crippen LogP contribution in [0.5, 0.6) is 0 Å². The first-order chi connectivity index (χ1) is 12.1. The molecule has 6 nitrogen and oxygen atoms in total. The first-order valence-corrected chi connectivity index (χ1v) is 8.83. The molecule has 2 aliphatic rings. The molecule has 0 saturated carbocycles. The van der Waals surface area contributed by atoms with E-state index >= 15 is 0 Å². The fraction of sp³-hybridized carbons (Fsp3) is 0.421. The molecular weight excluding hydrogens is 316 g/mol. The average Bonchev–Trinajstić information content (AvgIpc) is 3.34. The summed E-state index contributed by atoms with van der Waals surface area (Å²) in [5.74, 6) is 0.135. The second-order valence-corrected chi connectivity index (χ2v) is 6.79. The van der Waals surface area contributed by atoms with Gasteiger partial charge in [0.15, 0.2) is 0 Å². The highest BCUT2D eigenvalue weighted by atomic mass is 16.2. The fourth-order valence-electron chi connectivity index (χ4n) is 3.94. The summed E-state index contributed by atoms with van der Waals surface area (Å²) in [5, 5.41) is 4.26. The van der Waals surface area contributed by atoms with Crippen molar-refractivity contribution in [3.63, 3.8) is 0 Å². The zero-order valence-corrected chi connectivity index (χ0v) is 14.4. The number of carbonyl (C=O) groups is 2. The normalized spacial score (nSPS) is 19.3. The molecule has 0 bridgehead atoms. The van der Waals surface area contributed by atoms with Gasteiger partial charge in [0, 0.05) is 43.7 Å². The first kappa shape index (κ1) is 15.9. The molecule has 1 fully saturated rings.